The second-order valence-corrected chi connectivity index (χ2v) is 11.9. The van der Waals surface area contributed by atoms with Crippen molar-refractivity contribution in [2.45, 2.75) is 26.6 Å². The molecule has 3 nitrogen and oxygen atoms in total. The number of para-hydroxylation sites is 1. The van der Waals surface area contributed by atoms with Crippen molar-refractivity contribution in [2.75, 3.05) is 0 Å². The third-order valence-electron chi connectivity index (χ3n) is 3.60. The maximum absolute atomic E-state index is 12.6. The molecular formula is C19H19Cl3O3Ru. The minimum absolute atomic E-state index is 0.117. The summed E-state index contributed by atoms with van der Waals surface area (Å²) in [5.74, 6) is 0.379. The maximum atomic E-state index is 12.6. The zero-order chi connectivity index (χ0) is 19.3. The predicted molar refractivity (Wildman–Crippen MR) is 105 cm³/mol. The number of rotatable bonds is 6. The van der Waals surface area contributed by atoms with E-state index in [0.717, 1.165) is 11.3 Å². The van der Waals surface area contributed by atoms with Gasteiger partial charge >= 0.3 is 173 Å². The number of hydrogen-bond acceptors (Lipinski definition) is 2. The fourth-order valence-corrected chi connectivity index (χ4v) is 4.23. The van der Waals surface area contributed by atoms with E-state index in [9.17, 15) is 4.79 Å². The van der Waals surface area contributed by atoms with Crippen LogP contribution in [0.25, 0.3) is 0 Å². The number of halogens is 3. The summed E-state index contributed by atoms with van der Waals surface area (Å²) in [6.45, 7) is 4.13. The second-order valence-electron chi connectivity index (χ2n) is 5.70. The van der Waals surface area contributed by atoms with Crippen LogP contribution >= 0.6 is 31.0 Å². The number of carbonyl (C=O) groups is 1. The average Bonchev–Trinajstić information content (AvgIpc) is 2.58. The molecule has 26 heavy (non-hydrogen) atoms. The Kier molecular flexibility index (Phi) is 8.10. The summed E-state index contributed by atoms with van der Waals surface area (Å²) in [6, 6.07) is 12.5. The molecule has 7 heteroatoms. The van der Waals surface area contributed by atoms with Crippen LogP contribution in [0.4, 0.5) is 0 Å². The van der Waals surface area contributed by atoms with Crippen LogP contribution in [0.1, 0.15) is 35.3 Å². The summed E-state index contributed by atoms with van der Waals surface area (Å²) in [5, 5.41) is 0.503. The van der Waals surface area contributed by atoms with Crippen LogP contribution < -0.4 is 0 Å². The third-order valence-corrected chi connectivity index (χ3v) is 5.67. The molecule has 0 N–H and O–H groups in total. The van der Waals surface area contributed by atoms with E-state index in [2.05, 4.69) is 11.5 Å². The van der Waals surface area contributed by atoms with Crippen molar-refractivity contribution < 1.29 is 27.4 Å². The van der Waals surface area contributed by atoms with Crippen molar-refractivity contribution in [2.24, 2.45) is 0 Å². The monoisotopic (exact) mass is 502 g/mol. The molecule has 0 aliphatic rings. The van der Waals surface area contributed by atoms with Crippen LogP contribution in [0.5, 0.6) is 5.75 Å². The Labute approximate surface area is 172 Å². The molecule has 0 heterocycles. The first-order chi connectivity index (χ1) is 12.3. The fourth-order valence-electron chi connectivity index (χ4n) is 2.24. The summed E-state index contributed by atoms with van der Waals surface area (Å²) in [4.78, 5) is 12.6. The van der Waals surface area contributed by atoms with Crippen LogP contribution in [0.2, 0.25) is 5.02 Å². The van der Waals surface area contributed by atoms with Gasteiger partial charge in [0.2, 0.25) is 0 Å². The van der Waals surface area contributed by atoms with Gasteiger partial charge in [0.1, 0.15) is 0 Å². The summed E-state index contributed by atoms with van der Waals surface area (Å²) < 4.78 is 9.96. The molecule has 0 unspecified atom stereocenters. The molecule has 0 atom stereocenters. The molecule has 2 aromatic carbocycles. The van der Waals surface area contributed by atoms with E-state index in [-0.39, 0.29) is 12.7 Å². The van der Waals surface area contributed by atoms with Crippen molar-refractivity contribution in [3.05, 3.63) is 71.3 Å². The molecule has 0 bridgehead atoms. The van der Waals surface area contributed by atoms with Gasteiger partial charge in [-0.05, 0) is 0 Å². The van der Waals surface area contributed by atoms with E-state index in [1.165, 1.54) is 0 Å². The Morgan fingerprint density at radius 1 is 1.27 bits per heavy atom. The van der Waals surface area contributed by atoms with Crippen LogP contribution in [-0.2, 0) is 29.2 Å². The SMILES string of the molecule is [CH2-][O+](c1ccccc1COC(=O)c1ccc(Cl)cc1[CH]=[Ru]([Cl])[Cl])C(C)C. The number of hydrogen-bond donors (Lipinski definition) is 0. The first kappa shape index (κ1) is 21.4. The van der Waals surface area contributed by atoms with E-state index in [0.29, 0.717) is 16.1 Å². The van der Waals surface area contributed by atoms with Crippen LogP contribution in [0.15, 0.2) is 42.5 Å². The van der Waals surface area contributed by atoms with E-state index in [1.807, 2.05) is 38.1 Å². The zero-order valence-electron chi connectivity index (χ0n) is 14.3. The van der Waals surface area contributed by atoms with Gasteiger partial charge < -0.3 is 0 Å². The Balaban J connectivity index is 2.22. The van der Waals surface area contributed by atoms with Crippen molar-refractivity contribution in [1.82, 2.24) is 0 Å². The quantitative estimate of drug-likeness (QED) is 0.203. The van der Waals surface area contributed by atoms with Gasteiger partial charge in [0.25, 0.3) is 0 Å². The van der Waals surface area contributed by atoms with E-state index >= 15 is 0 Å². The Hall–Kier alpha value is -0.927. The molecule has 0 fully saturated rings. The van der Waals surface area contributed by atoms with Crippen LogP contribution in [0.3, 0.4) is 0 Å². The molecular weight excluding hydrogens is 484 g/mol. The molecule has 2 aromatic rings. The third kappa shape index (κ3) is 5.79. The summed E-state index contributed by atoms with van der Waals surface area (Å²) in [6.07, 6.45) is 0.138. The molecule has 0 aliphatic heterocycles. The van der Waals surface area contributed by atoms with E-state index < -0.39 is 19.5 Å². The minimum atomic E-state index is -2.11. The first-order valence-corrected chi connectivity index (χ1v) is 13.6. The molecule has 0 radical (unpaired) electrons. The number of benzene rings is 2. The van der Waals surface area contributed by atoms with Gasteiger partial charge in [0.05, 0.1) is 0 Å². The van der Waals surface area contributed by atoms with Gasteiger partial charge in [-0.3, -0.25) is 0 Å². The average molecular weight is 503 g/mol. The molecule has 0 spiro atoms. The molecule has 0 saturated heterocycles. The topological polar surface area (TPSA) is 29.0 Å². The Bertz CT molecular complexity index is 817. The molecule has 142 valence electrons. The van der Waals surface area contributed by atoms with Crippen LogP contribution in [-0.4, -0.2) is 16.7 Å². The van der Waals surface area contributed by atoms with Gasteiger partial charge in [0, 0.05) is 0 Å². The van der Waals surface area contributed by atoms with Gasteiger partial charge in [-0.2, -0.15) is 0 Å². The summed E-state index contributed by atoms with van der Waals surface area (Å²) >= 11 is 3.90. The van der Waals surface area contributed by atoms with E-state index in [1.54, 1.807) is 22.8 Å². The Morgan fingerprint density at radius 2 is 1.96 bits per heavy atom. The predicted octanol–water partition coefficient (Wildman–Crippen LogP) is 6.24. The molecule has 0 amide bonds. The fraction of sp³-hybridized carbons (Fsp3) is 0.211. The molecule has 2 rings (SSSR count). The summed E-state index contributed by atoms with van der Waals surface area (Å²) in [7, 11) is 15.9. The standard InChI is InChI=1S/C19H19ClO3.2ClH.Ru/c1-13(2)23(4)18-8-6-5-7-15(18)12-22-19(21)17-10-9-16(20)11-14(17)3;;;/h3,5-11,13H,4,12H2,1-2H3;2*1H;/q;;;+2/p-2. The van der Waals surface area contributed by atoms with Crippen molar-refractivity contribution in [1.29, 1.82) is 0 Å². The van der Waals surface area contributed by atoms with Crippen molar-refractivity contribution in [3.8, 4) is 5.75 Å². The number of carbonyl (C=O) groups excluding carboxylic acids is 1. The normalized spacial score (nSPS) is 11.3. The first-order valence-electron chi connectivity index (χ1n) is 7.70. The number of ether oxygens (including phenoxy) is 1. The van der Waals surface area contributed by atoms with E-state index in [4.69, 9.17) is 35.7 Å². The molecule has 0 saturated carbocycles. The van der Waals surface area contributed by atoms with Crippen molar-refractivity contribution >= 4 is 41.6 Å². The summed E-state index contributed by atoms with van der Waals surface area (Å²) in [5.41, 5.74) is 1.82. The van der Waals surface area contributed by atoms with Gasteiger partial charge in [-0.25, -0.2) is 0 Å². The Morgan fingerprint density at radius 3 is 2.62 bits per heavy atom. The van der Waals surface area contributed by atoms with Gasteiger partial charge in [-0.1, -0.05) is 0 Å². The second kappa shape index (κ2) is 9.85. The zero-order valence-corrected chi connectivity index (χ0v) is 18.3. The van der Waals surface area contributed by atoms with Gasteiger partial charge in [-0.15, -0.1) is 0 Å². The van der Waals surface area contributed by atoms with Gasteiger partial charge in [0.15, 0.2) is 0 Å². The number of esters is 1. The molecule has 0 aromatic heterocycles. The van der Waals surface area contributed by atoms with Crippen LogP contribution in [0, 0.1) is 7.11 Å². The van der Waals surface area contributed by atoms with Crippen molar-refractivity contribution in [3.63, 3.8) is 0 Å². The molecule has 0 aliphatic carbocycles.